The average Bonchev–Trinajstić information content (AvgIpc) is 2.57. The third-order valence-corrected chi connectivity index (χ3v) is 4.63. The zero-order valence-electron chi connectivity index (χ0n) is 14.0. The summed E-state index contributed by atoms with van der Waals surface area (Å²) in [5, 5.41) is 3.01. The zero-order chi connectivity index (χ0) is 15.9. The van der Waals surface area contributed by atoms with Crippen LogP contribution in [0.4, 0.5) is 11.4 Å². The lowest BCUT2D eigenvalue weighted by molar-refractivity contribution is -0.120. The lowest BCUT2D eigenvalue weighted by Crippen LogP contribution is -2.36. The summed E-state index contributed by atoms with van der Waals surface area (Å²) in [5.74, 6) is 0.228. The minimum Gasteiger partial charge on any atom is -0.381 e. The van der Waals surface area contributed by atoms with Gasteiger partial charge >= 0.3 is 0 Å². The highest BCUT2D eigenvalue weighted by atomic mass is 16.5. The van der Waals surface area contributed by atoms with E-state index in [-0.39, 0.29) is 11.8 Å². The summed E-state index contributed by atoms with van der Waals surface area (Å²) in [4.78, 5) is 14.5. The van der Waals surface area contributed by atoms with E-state index < -0.39 is 0 Å². The second-order valence-electron chi connectivity index (χ2n) is 5.97. The number of anilines is 2. The lowest BCUT2D eigenvalue weighted by Gasteiger charge is -2.33. The first-order valence-corrected chi connectivity index (χ1v) is 8.36. The third-order valence-electron chi connectivity index (χ3n) is 4.63. The molecule has 122 valence electrons. The summed E-state index contributed by atoms with van der Waals surface area (Å²) >= 11 is 0. The molecule has 0 aliphatic carbocycles. The van der Waals surface area contributed by atoms with Gasteiger partial charge < -0.3 is 15.0 Å². The molecule has 4 heteroatoms. The molecule has 1 N–H and O–H groups in total. The van der Waals surface area contributed by atoms with E-state index in [1.54, 1.807) is 7.11 Å². The number of hydrogen-bond donors (Lipinski definition) is 1. The fourth-order valence-electron chi connectivity index (χ4n) is 3.01. The fourth-order valence-corrected chi connectivity index (χ4v) is 3.01. The number of ether oxygens (including phenoxy) is 1. The van der Waals surface area contributed by atoms with Crippen LogP contribution in [0.15, 0.2) is 24.3 Å². The smallest absolute Gasteiger partial charge is 0.227 e. The second kappa shape index (κ2) is 8.18. The highest BCUT2D eigenvalue weighted by Crippen LogP contribution is 2.23. The Bertz CT molecular complexity index is 460. The van der Waals surface area contributed by atoms with Crippen molar-refractivity contribution in [1.82, 2.24) is 0 Å². The van der Waals surface area contributed by atoms with Crippen LogP contribution in [0, 0.1) is 5.92 Å². The quantitative estimate of drug-likeness (QED) is 0.871. The van der Waals surface area contributed by atoms with Crippen molar-refractivity contribution < 1.29 is 9.53 Å². The summed E-state index contributed by atoms with van der Waals surface area (Å²) in [6.07, 6.45) is 4.31. The predicted octanol–water partition coefficient (Wildman–Crippen LogP) is 3.68. The normalized spacial score (nSPS) is 16.1. The molecule has 0 unspecified atom stereocenters. The Balaban J connectivity index is 1.92. The topological polar surface area (TPSA) is 41.6 Å². The molecule has 0 radical (unpaired) electrons. The number of carbonyl (C=O) groups is 1. The van der Waals surface area contributed by atoms with E-state index in [1.165, 1.54) is 5.69 Å². The van der Waals surface area contributed by atoms with Crippen molar-refractivity contribution in [2.24, 2.45) is 5.92 Å². The highest BCUT2D eigenvalue weighted by molar-refractivity contribution is 5.92. The van der Waals surface area contributed by atoms with E-state index in [1.807, 2.05) is 12.1 Å². The van der Waals surface area contributed by atoms with Crippen LogP contribution in [-0.4, -0.2) is 32.2 Å². The molecule has 0 atom stereocenters. The van der Waals surface area contributed by atoms with Crippen molar-refractivity contribution >= 4 is 17.3 Å². The van der Waals surface area contributed by atoms with Crippen LogP contribution in [0.2, 0.25) is 0 Å². The molecule has 1 fully saturated rings. The largest absolute Gasteiger partial charge is 0.381 e. The Labute approximate surface area is 133 Å². The van der Waals surface area contributed by atoms with E-state index in [0.29, 0.717) is 6.10 Å². The Morgan fingerprint density at radius 3 is 2.32 bits per heavy atom. The van der Waals surface area contributed by atoms with Gasteiger partial charge in [-0.2, -0.15) is 0 Å². The molecule has 1 saturated heterocycles. The zero-order valence-corrected chi connectivity index (χ0v) is 14.0. The number of benzene rings is 1. The van der Waals surface area contributed by atoms with Crippen LogP contribution in [0.1, 0.15) is 39.5 Å². The SMILES string of the molecule is CCC(CC)C(=O)Nc1ccc(N2CCC(OC)CC2)cc1. The molecular weight excluding hydrogens is 276 g/mol. The number of methoxy groups -OCH3 is 1. The number of amides is 1. The first-order chi connectivity index (χ1) is 10.7. The third kappa shape index (κ3) is 4.23. The molecule has 1 aliphatic rings. The standard InChI is InChI=1S/C18H28N2O2/c1-4-14(5-2)18(21)19-15-6-8-16(9-7-15)20-12-10-17(22-3)11-13-20/h6-9,14,17H,4-5,10-13H2,1-3H3,(H,19,21). The van der Waals surface area contributed by atoms with Gasteiger partial charge in [-0.1, -0.05) is 13.8 Å². The Morgan fingerprint density at radius 2 is 1.82 bits per heavy atom. The first kappa shape index (κ1) is 16.8. The molecule has 1 aromatic rings. The number of piperidine rings is 1. The molecular formula is C18H28N2O2. The van der Waals surface area contributed by atoms with Crippen molar-refractivity contribution in [1.29, 1.82) is 0 Å². The van der Waals surface area contributed by atoms with E-state index in [2.05, 4.69) is 36.2 Å². The van der Waals surface area contributed by atoms with Crippen molar-refractivity contribution in [3.8, 4) is 0 Å². The van der Waals surface area contributed by atoms with Gasteiger partial charge in [-0.05, 0) is 49.9 Å². The van der Waals surface area contributed by atoms with Crippen molar-refractivity contribution in [3.63, 3.8) is 0 Å². The van der Waals surface area contributed by atoms with E-state index in [9.17, 15) is 4.79 Å². The van der Waals surface area contributed by atoms with Gasteiger partial charge in [0, 0.05) is 37.5 Å². The van der Waals surface area contributed by atoms with Gasteiger partial charge in [0.25, 0.3) is 0 Å². The monoisotopic (exact) mass is 304 g/mol. The van der Waals surface area contributed by atoms with Crippen molar-refractivity contribution in [2.75, 3.05) is 30.4 Å². The average molecular weight is 304 g/mol. The molecule has 0 spiro atoms. The van der Waals surface area contributed by atoms with Gasteiger partial charge in [0.2, 0.25) is 5.91 Å². The summed E-state index contributed by atoms with van der Waals surface area (Å²) in [5.41, 5.74) is 2.10. The maximum absolute atomic E-state index is 12.1. The summed E-state index contributed by atoms with van der Waals surface area (Å²) in [6, 6.07) is 8.18. The van der Waals surface area contributed by atoms with E-state index in [4.69, 9.17) is 4.74 Å². The van der Waals surface area contributed by atoms with Gasteiger partial charge in [0.05, 0.1) is 6.10 Å². The number of nitrogens with zero attached hydrogens (tertiary/aromatic N) is 1. The maximum atomic E-state index is 12.1. The van der Waals surface area contributed by atoms with Crippen LogP contribution >= 0.6 is 0 Å². The Morgan fingerprint density at radius 1 is 1.23 bits per heavy atom. The van der Waals surface area contributed by atoms with Crippen LogP contribution in [0.3, 0.4) is 0 Å². The summed E-state index contributed by atoms with van der Waals surface area (Å²) < 4.78 is 5.41. The van der Waals surface area contributed by atoms with Gasteiger partial charge in [0.1, 0.15) is 0 Å². The number of rotatable bonds is 6. The minimum atomic E-state index is 0.104. The molecule has 4 nitrogen and oxygen atoms in total. The molecule has 1 aliphatic heterocycles. The van der Waals surface area contributed by atoms with Crippen molar-refractivity contribution in [2.45, 2.75) is 45.6 Å². The van der Waals surface area contributed by atoms with Gasteiger partial charge in [-0.15, -0.1) is 0 Å². The number of hydrogen-bond acceptors (Lipinski definition) is 3. The summed E-state index contributed by atoms with van der Waals surface area (Å²) in [7, 11) is 1.79. The molecule has 0 saturated carbocycles. The van der Waals surface area contributed by atoms with Gasteiger partial charge in [-0.3, -0.25) is 4.79 Å². The molecule has 1 amide bonds. The summed E-state index contributed by atoms with van der Waals surface area (Å²) in [6.45, 7) is 6.16. The van der Waals surface area contributed by atoms with Crippen LogP contribution in [0.5, 0.6) is 0 Å². The molecule has 22 heavy (non-hydrogen) atoms. The lowest BCUT2D eigenvalue weighted by atomic mass is 10.0. The van der Waals surface area contributed by atoms with Crippen LogP contribution in [-0.2, 0) is 9.53 Å². The van der Waals surface area contributed by atoms with E-state index in [0.717, 1.165) is 44.5 Å². The minimum absolute atomic E-state index is 0.104. The highest BCUT2D eigenvalue weighted by Gasteiger charge is 2.19. The van der Waals surface area contributed by atoms with Crippen LogP contribution < -0.4 is 10.2 Å². The van der Waals surface area contributed by atoms with Gasteiger partial charge in [0.15, 0.2) is 0 Å². The fraction of sp³-hybridized carbons (Fsp3) is 0.611. The molecule has 0 aromatic heterocycles. The second-order valence-corrected chi connectivity index (χ2v) is 5.97. The molecule has 1 heterocycles. The van der Waals surface area contributed by atoms with Gasteiger partial charge in [-0.25, -0.2) is 0 Å². The molecule has 2 rings (SSSR count). The predicted molar refractivity (Wildman–Crippen MR) is 91.4 cm³/mol. The van der Waals surface area contributed by atoms with Crippen LogP contribution in [0.25, 0.3) is 0 Å². The molecule has 0 bridgehead atoms. The number of carbonyl (C=O) groups excluding carboxylic acids is 1. The Kier molecular flexibility index (Phi) is 6.25. The maximum Gasteiger partial charge on any atom is 0.227 e. The van der Waals surface area contributed by atoms with Crippen molar-refractivity contribution in [3.05, 3.63) is 24.3 Å². The number of nitrogens with one attached hydrogen (secondary N) is 1. The van der Waals surface area contributed by atoms with E-state index >= 15 is 0 Å². The first-order valence-electron chi connectivity index (χ1n) is 8.36. The Hall–Kier alpha value is -1.55. The molecule has 1 aromatic carbocycles.